The minimum Gasteiger partial charge on any atom is -0.353 e. The summed E-state index contributed by atoms with van der Waals surface area (Å²) in [6, 6.07) is 8.06. The Hall–Kier alpha value is -1.02. The van der Waals surface area contributed by atoms with E-state index in [0.29, 0.717) is 12.0 Å². The minimum absolute atomic E-state index is 0.211. The Kier molecular flexibility index (Phi) is 4.26. The second-order valence-corrected chi connectivity index (χ2v) is 7.19. The molecule has 3 rings (SSSR count). The number of carbonyl (C=O) groups is 1. The highest BCUT2D eigenvalue weighted by atomic mass is 35.5. The van der Waals surface area contributed by atoms with Crippen LogP contribution < -0.4 is 5.32 Å². The van der Waals surface area contributed by atoms with E-state index in [4.69, 9.17) is 11.6 Å². The summed E-state index contributed by atoms with van der Waals surface area (Å²) in [7, 11) is 0. The summed E-state index contributed by atoms with van der Waals surface area (Å²) in [4.78, 5) is 12.7. The molecule has 1 amide bonds. The largest absolute Gasteiger partial charge is 0.353 e. The van der Waals surface area contributed by atoms with Crippen LogP contribution >= 0.6 is 11.6 Å². The van der Waals surface area contributed by atoms with Gasteiger partial charge in [0.15, 0.2) is 0 Å². The van der Waals surface area contributed by atoms with E-state index in [1.54, 1.807) is 0 Å². The van der Waals surface area contributed by atoms with Crippen molar-refractivity contribution in [3.05, 3.63) is 34.9 Å². The van der Waals surface area contributed by atoms with Crippen LogP contribution in [0.2, 0.25) is 5.02 Å². The van der Waals surface area contributed by atoms with Gasteiger partial charge in [-0.1, -0.05) is 43.0 Å². The molecule has 1 aromatic carbocycles. The molecule has 2 fully saturated rings. The Labute approximate surface area is 132 Å². The summed E-state index contributed by atoms with van der Waals surface area (Å²) < 4.78 is 0. The summed E-state index contributed by atoms with van der Waals surface area (Å²) in [5, 5.41) is 4.02. The summed E-state index contributed by atoms with van der Waals surface area (Å²) in [6.45, 7) is 2.17. The number of benzene rings is 1. The van der Waals surface area contributed by atoms with Gasteiger partial charge in [-0.15, -0.1) is 0 Å². The van der Waals surface area contributed by atoms with Crippen molar-refractivity contribution in [2.24, 2.45) is 5.92 Å². The number of amides is 1. The van der Waals surface area contributed by atoms with E-state index in [-0.39, 0.29) is 11.3 Å². The molecular weight excluding hydrogens is 282 g/mol. The molecule has 2 saturated carbocycles. The van der Waals surface area contributed by atoms with Crippen molar-refractivity contribution in [1.29, 1.82) is 0 Å². The molecule has 0 saturated heterocycles. The molecule has 0 aliphatic heterocycles. The first kappa shape index (κ1) is 14.9. The zero-order chi connectivity index (χ0) is 14.9. The normalized spacial score (nSPS) is 22.6. The van der Waals surface area contributed by atoms with E-state index in [1.807, 2.05) is 24.3 Å². The summed E-state index contributed by atoms with van der Waals surface area (Å²) >= 11 is 5.95. The van der Waals surface area contributed by atoms with Crippen LogP contribution in [0.5, 0.6) is 0 Å². The summed E-state index contributed by atoms with van der Waals surface area (Å²) in [6.07, 6.45) is 8.41. The Balaban J connectivity index is 1.65. The van der Waals surface area contributed by atoms with Gasteiger partial charge in [-0.3, -0.25) is 4.79 Å². The van der Waals surface area contributed by atoms with Gasteiger partial charge in [0.1, 0.15) is 0 Å². The van der Waals surface area contributed by atoms with Crippen LogP contribution in [0.3, 0.4) is 0 Å². The lowest BCUT2D eigenvalue weighted by Crippen LogP contribution is -2.44. The quantitative estimate of drug-likeness (QED) is 0.874. The van der Waals surface area contributed by atoms with E-state index in [1.165, 1.54) is 32.1 Å². The molecule has 0 bridgehead atoms. The van der Waals surface area contributed by atoms with Crippen LogP contribution in [-0.4, -0.2) is 11.9 Å². The van der Waals surface area contributed by atoms with E-state index in [2.05, 4.69) is 12.2 Å². The van der Waals surface area contributed by atoms with Gasteiger partial charge in [0.05, 0.1) is 5.41 Å². The van der Waals surface area contributed by atoms with Gasteiger partial charge in [-0.25, -0.2) is 0 Å². The van der Waals surface area contributed by atoms with Crippen molar-refractivity contribution >= 4 is 17.5 Å². The van der Waals surface area contributed by atoms with Crippen LogP contribution in [0.15, 0.2) is 24.3 Å². The van der Waals surface area contributed by atoms with Crippen LogP contribution in [0.4, 0.5) is 0 Å². The van der Waals surface area contributed by atoms with Crippen molar-refractivity contribution < 1.29 is 4.79 Å². The predicted octanol–water partition coefficient (Wildman–Crippen LogP) is 4.46. The minimum atomic E-state index is -0.284. The molecule has 2 aliphatic carbocycles. The number of rotatable bonds is 4. The Morgan fingerprint density at radius 3 is 2.38 bits per heavy atom. The molecule has 2 nitrogen and oxygen atoms in total. The molecule has 21 heavy (non-hydrogen) atoms. The number of hydrogen-bond donors (Lipinski definition) is 1. The molecular formula is C18H24ClNO. The van der Waals surface area contributed by atoms with Gasteiger partial charge in [0.2, 0.25) is 5.91 Å². The molecule has 0 aromatic heterocycles. The highest BCUT2D eigenvalue weighted by Crippen LogP contribution is 2.48. The number of nitrogens with one attached hydrogen (secondary N) is 1. The van der Waals surface area contributed by atoms with Gasteiger partial charge in [-0.2, -0.15) is 0 Å². The van der Waals surface area contributed by atoms with E-state index in [0.717, 1.165) is 23.4 Å². The maximum atomic E-state index is 12.7. The average molecular weight is 306 g/mol. The first-order chi connectivity index (χ1) is 10.1. The zero-order valence-electron chi connectivity index (χ0n) is 12.7. The van der Waals surface area contributed by atoms with Gasteiger partial charge in [-0.05, 0) is 56.2 Å². The first-order valence-electron chi connectivity index (χ1n) is 8.19. The average Bonchev–Trinajstić information content (AvgIpc) is 3.30. The van der Waals surface area contributed by atoms with Crippen molar-refractivity contribution in [1.82, 2.24) is 5.32 Å². The predicted molar refractivity (Wildman–Crippen MR) is 86.5 cm³/mol. The molecule has 1 atom stereocenters. The zero-order valence-corrected chi connectivity index (χ0v) is 13.5. The first-order valence-corrected chi connectivity index (χ1v) is 8.57. The lowest BCUT2D eigenvalue weighted by molar-refractivity contribution is -0.124. The highest BCUT2D eigenvalue weighted by Gasteiger charge is 2.51. The van der Waals surface area contributed by atoms with Crippen molar-refractivity contribution in [3.63, 3.8) is 0 Å². The lowest BCUT2D eigenvalue weighted by Gasteiger charge is -2.29. The van der Waals surface area contributed by atoms with E-state index < -0.39 is 0 Å². The Morgan fingerprint density at radius 1 is 1.19 bits per heavy atom. The fraction of sp³-hybridized carbons (Fsp3) is 0.611. The molecule has 0 radical (unpaired) electrons. The molecule has 1 N–H and O–H groups in total. The third-order valence-electron chi connectivity index (χ3n) is 5.30. The second-order valence-electron chi connectivity index (χ2n) is 6.75. The van der Waals surface area contributed by atoms with Crippen LogP contribution in [0.1, 0.15) is 57.4 Å². The summed E-state index contributed by atoms with van der Waals surface area (Å²) in [5.41, 5.74) is 0.827. The van der Waals surface area contributed by atoms with E-state index >= 15 is 0 Å². The SMILES string of the molecule is C[C@@H](NC(=O)C1(c2ccc(Cl)cc2)CC1)C1CCCCC1. The third-order valence-corrected chi connectivity index (χ3v) is 5.55. The number of halogens is 1. The Bertz CT molecular complexity index is 500. The van der Waals surface area contributed by atoms with Gasteiger partial charge in [0.25, 0.3) is 0 Å². The maximum Gasteiger partial charge on any atom is 0.230 e. The molecule has 3 heteroatoms. The van der Waals surface area contributed by atoms with Crippen molar-refractivity contribution in [2.75, 3.05) is 0 Å². The van der Waals surface area contributed by atoms with Gasteiger partial charge >= 0.3 is 0 Å². The van der Waals surface area contributed by atoms with Crippen molar-refractivity contribution in [3.8, 4) is 0 Å². The fourth-order valence-electron chi connectivity index (χ4n) is 3.64. The van der Waals surface area contributed by atoms with Crippen LogP contribution in [0.25, 0.3) is 0 Å². The van der Waals surface area contributed by atoms with Crippen LogP contribution in [0, 0.1) is 5.92 Å². The lowest BCUT2D eigenvalue weighted by atomic mass is 9.84. The van der Waals surface area contributed by atoms with Crippen LogP contribution in [-0.2, 0) is 10.2 Å². The molecule has 1 aromatic rings. The molecule has 2 aliphatic rings. The topological polar surface area (TPSA) is 29.1 Å². The molecule has 0 unspecified atom stereocenters. The molecule has 0 spiro atoms. The highest BCUT2D eigenvalue weighted by molar-refractivity contribution is 6.30. The fourth-order valence-corrected chi connectivity index (χ4v) is 3.76. The maximum absolute atomic E-state index is 12.7. The van der Waals surface area contributed by atoms with E-state index in [9.17, 15) is 4.79 Å². The second kappa shape index (κ2) is 6.00. The Morgan fingerprint density at radius 2 is 1.81 bits per heavy atom. The third kappa shape index (κ3) is 3.11. The standard InChI is InChI=1S/C18H24ClNO/c1-13(14-5-3-2-4-6-14)20-17(21)18(11-12-18)15-7-9-16(19)10-8-15/h7-10,13-14H,2-6,11-12H2,1H3,(H,20,21)/t13-/m1/s1. The molecule has 114 valence electrons. The number of carbonyl (C=O) groups excluding carboxylic acids is 1. The number of hydrogen-bond acceptors (Lipinski definition) is 1. The summed E-state index contributed by atoms with van der Waals surface area (Å²) in [5.74, 6) is 0.867. The van der Waals surface area contributed by atoms with Gasteiger partial charge in [0, 0.05) is 11.1 Å². The van der Waals surface area contributed by atoms with Gasteiger partial charge < -0.3 is 5.32 Å². The smallest absolute Gasteiger partial charge is 0.230 e. The molecule has 0 heterocycles. The van der Waals surface area contributed by atoms with Crippen molar-refractivity contribution in [2.45, 2.75) is 63.3 Å². The monoisotopic (exact) mass is 305 g/mol.